The first-order valence-corrected chi connectivity index (χ1v) is 7.79. The van der Waals surface area contributed by atoms with Crippen molar-refractivity contribution in [1.82, 2.24) is 5.32 Å². The molecule has 1 rings (SSSR count). The van der Waals surface area contributed by atoms with E-state index in [9.17, 15) is 4.79 Å². The molecule has 3 nitrogen and oxygen atoms in total. The summed E-state index contributed by atoms with van der Waals surface area (Å²) in [6.07, 6.45) is 6.69. The van der Waals surface area contributed by atoms with Gasteiger partial charge in [0.2, 0.25) is 5.91 Å². The maximum absolute atomic E-state index is 12.2. The minimum atomic E-state index is -0.437. The first-order valence-electron chi connectivity index (χ1n) is 7.79. The Morgan fingerprint density at radius 2 is 1.68 bits per heavy atom. The second-order valence-corrected chi connectivity index (χ2v) is 7.40. The molecule has 1 amide bonds. The molecule has 0 aromatic carbocycles. The van der Waals surface area contributed by atoms with Crippen LogP contribution in [0.1, 0.15) is 66.7 Å². The zero-order valence-corrected chi connectivity index (χ0v) is 13.3. The summed E-state index contributed by atoms with van der Waals surface area (Å²) in [6, 6.07) is -0.225. The van der Waals surface area contributed by atoms with Gasteiger partial charge in [-0.25, -0.2) is 0 Å². The third-order valence-corrected chi connectivity index (χ3v) is 4.77. The third-order valence-electron chi connectivity index (χ3n) is 4.77. The Labute approximate surface area is 118 Å². The van der Waals surface area contributed by atoms with Gasteiger partial charge in [0.15, 0.2) is 0 Å². The third kappa shape index (κ3) is 4.79. The summed E-state index contributed by atoms with van der Waals surface area (Å²) in [6.45, 7) is 10.4. The van der Waals surface area contributed by atoms with Crippen molar-refractivity contribution in [3.05, 3.63) is 0 Å². The number of carbonyl (C=O) groups is 1. The van der Waals surface area contributed by atoms with Crippen molar-refractivity contribution in [3.8, 4) is 0 Å². The molecular weight excluding hydrogens is 236 g/mol. The van der Waals surface area contributed by atoms with Gasteiger partial charge in [0, 0.05) is 6.04 Å². The standard InChI is InChI=1S/C16H32N2O/c1-11(13-9-7-6-8-10-13)12(2)18-15(19)14(17)16(3,4)5/h11-14H,6-10,17H2,1-5H3,(H,18,19)/t11?,12?,14-/m1/s1. The lowest BCUT2D eigenvalue weighted by molar-refractivity contribution is -0.125. The highest BCUT2D eigenvalue weighted by molar-refractivity contribution is 5.82. The van der Waals surface area contributed by atoms with Crippen molar-refractivity contribution in [3.63, 3.8) is 0 Å². The Morgan fingerprint density at radius 3 is 2.16 bits per heavy atom. The van der Waals surface area contributed by atoms with Crippen LogP contribution in [0.3, 0.4) is 0 Å². The highest BCUT2D eigenvalue weighted by Gasteiger charge is 2.30. The Hall–Kier alpha value is -0.570. The number of nitrogens with two attached hydrogens (primary N) is 1. The Bertz CT molecular complexity index is 290. The van der Waals surface area contributed by atoms with Gasteiger partial charge in [-0.2, -0.15) is 0 Å². The first kappa shape index (κ1) is 16.5. The number of hydrogen-bond acceptors (Lipinski definition) is 2. The van der Waals surface area contributed by atoms with E-state index >= 15 is 0 Å². The van der Waals surface area contributed by atoms with Crippen LogP contribution in [-0.4, -0.2) is 18.0 Å². The lowest BCUT2D eigenvalue weighted by atomic mass is 9.78. The maximum atomic E-state index is 12.2. The quantitative estimate of drug-likeness (QED) is 0.823. The van der Waals surface area contributed by atoms with Crippen LogP contribution in [0.25, 0.3) is 0 Å². The molecule has 3 heteroatoms. The molecule has 19 heavy (non-hydrogen) atoms. The topological polar surface area (TPSA) is 55.1 Å². The van der Waals surface area contributed by atoms with Crippen molar-refractivity contribution in [2.24, 2.45) is 23.0 Å². The molecular formula is C16H32N2O. The van der Waals surface area contributed by atoms with Crippen LogP contribution in [0, 0.1) is 17.3 Å². The highest BCUT2D eigenvalue weighted by atomic mass is 16.2. The fraction of sp³-hybridized carbons (Fsp3) is 0.938. The van der Waals surface area contributed by atoms with Gasteiger partial charge < -0.3 is 11.1 Å². The van der Waals surface area contributed by atoms with Gasteiger partial charge in [0.1, 0.15) is 0 Å². The van der Waals surface area contributed by atoms with E-state index in [-0.39, 0.29) is 17.4 Å². The lowest BCUT2D eigenvalue weighted by Gasteiger charge is -2.34. The Kier molecular flexibility index (Phi) is 5.84. The van der Waals surface area contributed by atoms with Crippen molar-refractivity contribution in [1.29, 1.82) is 0 Å². The van der Waals surface area contributed by atoms with Gasteiger partial charge in [0.05, 0.1) is 6.04 Å². The van der Waals surface area contributed by atoms with Gasteiger partial charge in [-0.15, -0.1) is 0 Å². The average molecular weight is 268 g/mol. The maximum Gasteiger partial charge on any atom is 0.237 e. The van der Waals surface area contributed by atoms with Gasteiger partial charge in [-0.05, 0) is 24.2 Å². The van der Waals surface area contributed by atoms with Crippen LogP contribution < -0.4 is 11.1 Å². The van der Waals surface area contributed by atoms with E-state index in [2.05, 4.69) is 19.2 Å². The van der Waals surface area contributed by atoms with E-state index in [0.29, 0.717) is 5.92 Å². The normalized spacial score (nSPS) is 22.6. The van der Waals surface area contributed by atoms with Gasteiger partial charge in [-0.1, -0.05) is 59.8 Å². The number of hydrogen-bond donors (Lipinski definition) is 2. The largest absolute Gasteiger partial charge is 0.352 e. The van der Waals surface area contributed by atoms with Crippen molar-refractivity contribution >= 4 is 5.91 Å². The summed E-state index contributed by atoms with van der Waals surface area (Å²) in [5.41, 5.74) is 5.83. The van der Waals surface area contributed by atoms with Crippen LogP contribution in [0.2, 0.25) is 0 Å². The molecule has 0 spiro atoms. The van der Waals surface area contributed by atoms with E-state index in [0.717, 1.165) is 5.92 Å². The Balaban J connectivity index is 2.49. The average Bonchev–Trinajstić information content (AvgIpc) is 2.36. The molecule has 1 aliphatic rings. The van der Waals surface area contributed by atoms with Crippen LogP contribution in [0.5, 0.6) is 0 Å². The minimum absolute atomic E-state index is 0.0114. The zero-order valence-electron chi connectivity index (χ0n) is 13.3. The molecule has 0 aromatic rings. The smallest absolute Gasteiger partial charge is 0.237 e. The van der Waals surface area contributed by atoms with Gasteiger partial charge in [-0.3, -0.25) is 4.79 Å². The van der Waals surface area contributed by atoms with E-state index in [1.807, 2.05) is 20.8 Å². The molecule has 0 saturated heterocycles. The van der Waals surface area contributed by atoms with Crippen LogP contribution in [0.4, 0.5) is 0 Å². The lowest BCUT2D eigenvalue weighted by Crippen LogP contribution is -2.52. The number of nitrogens with one attached hydrogen (secondary N) is 1. The second kappa shape index (κ2) is 6.74. The molecule has 0 bridgehead atoms. The highest BCUT2D eigenvalue weighted by Crippen LogP contribution is 2.31. The van der Waals surface area contributed by atoms with E-state index in [1.54, 1.807) is 0 Å². The van der Waals surface area contributed by atoms with E-state index in [1.165, 1.54) is 32.1 Å². The summed E-state index contributed by atoms with van der Waals surface area (Å²) in [5, 5.41) is 3.12. The summed E-state index contributed by atoms with van der Waals surface area (Å²) in [7, 11) is 0. The first-order chi connectivity index (χ1) is 8.73. The molecule has 1 aliphatic carbocycles. The van der Waals surface area contributed by atoms with Crippen molar-refractivity contribution in [2.45, 2.75) is 78.8 Å². The van der Waals surface area contributed by atoms with Crippen molar-refractivity contribution < 1.29 is 4.79 Å². The number of rotatable bonds is 4. The monoisotopic (exact) mass is 268 g/mol. The zero-order chi connectivity index (χ0) is 14.6. The molecule has 1 fully saturated rings. The molecule has 0 aliphatic heterocycles. The summed E-state index contributed by atoms with van der Waals surface area (Å²) < 4.78 is 0. The second-order valence-electron chi connectivity index (χ2n) is 7.40. The van der Waals surface area contributed by atoms with Gasteiger partial charge >= 0.3 is 0 Å². The Morgan fingerprint density at radius 1 is 1.16 bits per heavy atom. The van der Waals surface area contributed by atoms with Gasteiger partial charge in [0.25, 0.3) is 0 Å². The minimum Gasteiger partial charge on any atom is -0.352 e. The molecule has 3 N–H and O–H groups in total. The molecule has 2 unspecified atom stereocenters. The SMILES string of the molecule is CC(NC(=O)[C@@H](N)C(C)(C)C)C(C)C1CCCCC1. The molecule has 0 heterocycles. The predicted octanol–water partition coefficient (Wildman–Crippen LogP) is 3.08. The fourth-order valence-corrected chi connectivity index (χ4v) is 2.91. The number of carbonyl (C=O) groups excluding carboxylic acids is 1. The predicted molar refractivity (Wildman–Crippen MR) is 80.8 cm³/mol. The van der Waals surface area contributed by atoms with E-state index < -0.39 is 6.04 Å². The van der Waals surface area contributed by atoms with Crippen molar-refractivity contribution in [2.75, 3.05) is 0 Å². The molecule has 0 aromatic heterocycles. The molecule has 112 valence electrons. The summed E-state index contributed by atoms with van der Waals surface area (Å²) >= 11 is 0. The summed E-state index contributed by atoms with van der Waals surface area (Å²) in [4.78, 5) is 12.2. The van der Waals surface area contributed by atoms with Crippen LogP contribution in [0.15, 0.2) is 0 Å². The van der Waals surface area contributed by atoms with Crippen LogP contribution in [-0.2, 0) is 4.79 Å². The van der Waals surface area contributed by atoms with Crippen LogP contribution >= 0.6 is 0 Å². The van der Waals surface area contributed by atoms with E-state index in [4.69, 9.17) is 5.73 Å². The summed E-state index contributed by atoms with van der Waals surface area (Å²) in [5.74, 6) is 1.29. The fourth-order valence-electron chi connectivity index (χ4n) is 2.91. The number of amides is 1. The molecule has 0 radical (unpaired) electrons. The molecule has 1 saturated carbocycles. The molecule has 3 atom stereocenters.